The molecular weight excluding hydrogens is 92.1 g/mol. The van der Waals surface area contributed by atoms with Crippen molar-refractivity contribution in [1.29, 1.82) is 0 Å². The van der Waals surface area contributed by atoms with Crippen molar-refractivity contribution in [3.8, 4) is 0 Å². The summed E-state index contributed by atoms with van der Waals surface area (Å²) in [6.45, 7) is 0. The van der Waals surface area contributed by atoms with Gasteiger partial charge < -0.3 is 0 Å². The molecular formula is C5H8S. The van der Waals surface area contributed by atoms with Gasteiger partial charge in [-0.15, -0.1) is 12.6 Å². The van der Waals surface area contributed by atoms with Gasteiger partial charge in [-0.1, -0.05) is 6.08 Å². The second-order valence-electron chi connectivity index (χ2n) is 1.59. The molecule has 0 bridgehead atoms. The molecule has 0 saturated carbocycles. The predicted molar refractivity (Wildman–Crippen MR) is 30.9 cm³/mol. The van der Waals surface area contributed by atoms with E-state index in [1.165, 1.54) is 24.2 Å². The van der Waals surface area contributed by atoms with Crippen molar-refractivity contribution in [3.63, 3.8) is 0 Å². The van der Waals surface area contributed by atoms with Crippen LogP contribution in [0, 0.1) is 0 Å². The predicted octanol–water partition coefficient (Wildman–Crippen LogP) is 1.98. The Morgan fingerprint density at radius 2 is 2.50 bits per heavy atom. The van der Waals surface area contributed by atoms with E-state index >= 15 is 0 Å². The van der Waals surface area contributed by atoms with Crippen LogP contribution in [0.2, 0.25) is 0 Å². The van der Waals surface area contributed by atoms with Gasteiger partial charge in [-0.3, -0.25) is 0 Å². The lowest BCUT2D eigenvalue weighted by Gasteiger charge is -1.78. The second-order valence-corrected chi connectivity index (χ2v) is 2.16. The van der Waals surface area contributed by atoms with Crippen LogP contribution in [-0.4, -0.2) is 0 Å². The molecule has 0 fully saturated rings. The Kier molecular flexibility index (Phi) is 1.20. The summed E-state index contributed by atoms with van der Waals surface area (Å²) in [5.41, 5.74) is 0. The Balaban J connectivity index is 2.45. The first-order valence-electron chi connectivity index (χ1n) is 2.27. The molecule has 1 aliphatic carbocycles. The molecule has 0 aromatic heterocycles. The summed E-state index contributed by atoms with van der Waals surface area (Å²) in [6.07, 6.45) is 5.96. The van der Waals surface area contributed by atoms with Gasteiger partial charge in [0.2, 0.25) is 0 Å². The molecule has 0 nitrogen and oxygen atoms in total. The maximum absolute atomic E-state index is 4.15. The Bertz CT molecular complexity index is 74.0. The summed E-state index contributed by atoms with van der Waals surface area (Å²) >= 11 is 4.15. The van der Waals surface area contributed by atoms with Crippen LogP contribution in [0.1, 0.15) is 19.3 Å². The van der Waals surface area contributed by atoms with Crippen molar-refractivity contribution in [1.82, 2.24) is 0 Å². The normalized spacial score (nSPS) is 21.2. The molecule has 0 heterocycles. The fourth-order valence-corrected chi connectivity index (χ4v) is 0.941. The maximum atomic E-state index is 4.15. The Morgan fingerprint density at radius 1 is 1.67 bits per heavy atom. The van der Waals surface area contributed by atoms with Gasteiger partial charge in [-0.2, -0.15) is 0 Å². The highest BCUT2D eigenvalue weighted by Crippen LogP contribution is 2.19. The van der Waals surface area contributed by atoms with Crippen LogP contribution < -0.4 is 0 Å². The molecule has 6 heavy (non-hydrogen) atoms. The first-order chi connectivity index (χ1) is 2.89. The molecule has 0 unspecified atom stereocenters. The third-order valence-corrected chi connectivity index (χ3v) is 1.42. The van der Waals surface area contributed by atoms with E-state index in [2.05, 4.69) is 18.7 Å². The molecule has 34 valence electrons. The first kappa shape index (κ1) is 4.25. The standard InChI is InChI=1S/C5H8S/c6-5-3-1-2-4-5/h3,6H,1-2,4H2. The van der Waals surface area contributed by atoms with Crippen LogP contribution in [0.5, 0.6) is 0 Å². The molecule has 0 aliphatic heterocycles. The van der Waals surface area contributed by atoms with Crippen molar-refractivity contribution in [2.45, 2.75) is 19.3 Å². The highest BCUT2D eigenvalue weighted by atomic mass is 32.1. The molecule has 0 spiro atoms. The molecule has 0 aromatic carbocycles. The Labute approximate surface area is 43.7 Å². The summed E-state index contributed by atoms with van der Waals surface area (Å²) < 4.78 is 0. The second kappa shape index (κ2) is 1.69. The highest BCUT2D eigenvalue weighted by molar-refractivity contribution is 7.84. The smallest absolute Gasteiger partial charge is 0.0221 e. The monoisotopic (exact) mass is 100 g/mol. The van der Waals surface area contributed by atoms with Gasteiger partial charge in [0.15, 0.2) is 0 Å². The fraction of sp³-hybridized carbons (Fsp3) is 0.600. The third-order valence-electron chi connectivity index (χ3n) is 1.02. The number of rotatable bonds is 0. The van der Waals surface area contributed by atoms with E-state index in [-0.39, 0.29) is 0 Å². The van der Waals surface area contributed by atoms with Crippen molar-refractivity contribution in [2.75, 3.05) is 0 Å². The van der Waals surface area contributed by atoms with Gasteiger partial charge in [-0.25, -0.2) is 0 Å². The first-order valence-corrected chi connectivity index (χ1v) is 2.72. The molecule has 1 rings (SSSR count). The van der Waals surface area contributed by atoms with Gasteiger partial charge in [0.1, 0.15) is 0 Å². The van der Waals surface area contributed by atoms with E-state index in [0.29, 0.717) is 0 Å². The van der Waals surface area contributed by atoms with Gasteiger partial charge in [0.25, 0.3) is 0 Å². The molecule has 0 radical (unpaired) electrons. The summed E-state index contributed by atoms with van der Waals surface area (Å²) in [7, 11) is 0. The highest BCUT2D eigenvalue weighted by Gasteiger charge is 1.96. The van der Waals surface area contributed by atoms with E-state index in [9.17, 15) is 0 Å². The molecule has 0 atom stereocenters. The molecule has 0 saturated heterocycles. The zero-order chi connectivity index (χ0) is 4.41. The lowest BCUT2D eigenvalue weighted by Crippen LogP contribution is -1.55. The third kappa shape index (κ3) is 0.777. The van der Waals surface area contributed by atoms with Crippen molar-refractivity contribution in [2.24, 2.45) is 0 Å². The van der Waals surface area contributed by atoms with Crippen molar-refractivity contribution >= 4 is 12.6 Å². The summed E-state index contributed by atoms with van der Waals surface area (Å²) in [6, 6.07) is 0. The lowest BCUT2D eigenvalue weighted by molar-refractivity contribution is 0.925. The van der Waals surface area contributed by atoms with E-state index in [0.717, 1.165) is 0 Å². The molecule has 1 heteroatoms. The van der Waals surface area contributed by atoms with Crippen LogP contribution in [0.3, 0.4) is 0 Å². The van der Waals surface area contributed by atoms with E-state index in [4.69, 9.17) is 0 Å². The molecule has 0 aromatic rings. The average Bonchev–Trinajstić information content (AvgIpc) is 1.86. The topological polar surface area (TPSA) is 0 Å². The summed E-state index contributed by atoms with van der Waals surface area (Å²) in [5, 5.41) is 0. The number of thiol groups is 1. The summed E-state index contributed by atoms with van der Waals surface area (Å²) in [4.78, 5) is 1.27. The molecule has 0 N–H and O–H groups in total. The van der Waals surface area contributed by atoms with E-state index in [1.54, 1.807) is 0 Å². The maximum Gasteiger partial charge on any atom is -0.0221 e. The zero-order valence-corrected chi connectivity index (χ0v) is 4.54. The SMILES string of the molecule is SC1=CCCC1. The molecule has 0 amide bonds. The zero-order valence-electron chi connectivity index (χ0n) is 3.65. The summed E-state index contributed by atoms with van der Waals surface area (Å²) in [5.74, 6) is 0. The van der Waals surface area contributed by atoms with Gasteiger partial charge in [-0.05, 0) is 24.2 Å². The minimum atomic E-state index is 1.21. The minimum Gasteiger partial charge on any atom is -0.148 e. The molecule has 1 aliphatic rings. The lowest BCUT2D eigenvalue weighted by atomic mass is 10.4. The average molecular weight is 100 g/mol. The van der Waals surface area contributed by atoms with Gasteiger partial charge in [0, 0.05) is 0 Å². The Hall–Kier alpha value is 0.0900. The number of allylic oxidation sites excluding steroid dienone is 2. The van der Waals surface area contributed by atoms with Gasteiger partial charge in [0.05, 0.1) is 0 Å². The van der Waals surface area contributed by atoms with Crippen LogP contribution in [0.4, 0.5) is 0 Å². The fourth-order valence-electron chi connectivity index (χ4n) is 0.654. The van der Waals surface area contributed by atoms with Crippen LogP contribution in [-0.2, 0) is 0 Å². The largest absolute Gasteiger partial charge is 0.148 e. The van der Waals surface area contributed by atoms with Crippen LogP contribution >= 0.6 is 12.6 Å². The van der Waals surface area contributed by atoms with E-state index < -0.39 is 0 Å². The Morgan fingerprint density at radius 3 is 2.67 bits per heavy atom. The quantitative estimate of drug-likeness (QED) is 0.442. The van der Waals surface area contributed by atoms with Crippen LogP contribution in [0.15, 0.2) is 11.0 Å². The number of hydrogen-bond donors (Lipinski definition) is 1. The number of hydrogen-bond acceptors (Lipinski definition) is 1. The van der Waals surface area contributed by atoms with Crippen molar-refractivity contribution in [3.05, 3.63) is 11.0 Å². The van der Waals surface area contributed by atoms with E-state index in [1.807, 2.05) is 0 Å². The minimum absolute atomic E-state index is 1.21. The van der Waals surface area contributed by atoms with Crippen molar-refractivity contribution < 1.29 is 0 Å². The van der Waals surface area contributed by atoms with Crippen LogP contribution in [0.25, 0.3) is 0 Å². The van der Waals surface area contributed by atoms with Gasteiger partial charge >= 0.3 is 0 Å².